The van der Waals surface area contributed by atoms with E-state index in [1.165, 1.54) is 0 Å². The van der Waals surface area contributed by atoms with Gasteiger partial charge in [0.2, 0.25) is 5.91 Å². The minimum Gasteiger partial charge on any atom is -0.496 e. The summed E-state index contributed by atoms with van der Waals surface area (Å²) in [6.45, 7) is 7.94. The molecule has 2 aromatic carbocycles. The molecule has 0 aliphatic rings. The van der Waals surface area contributed by atoms with Gasteiger partial charge in [-0.3, -0.25) is 9.79 Å². The van der Waals surface area contributed by atoms with Crippen LogP contribution in [0.4, 0.5) is 0 Å². The molecule has 0 bridgehead atoms. The lowest BCUT2D eigenvalue weighted by Gasteiger charge is -2.29. The molecule has 1 amide bonds. The number of nitrogens with zero attached hydrogens (tertiary/aromatic N) is 1. The van der Waals surface area contributed by atoms with Crippen molar-refractivity contribution in [2.24, 2.45) is 16.1 Å². The second-order valence-corrected chi connectivity index (χ2v) is 7.21. The van der Waals surface area contributed by atoms with Crippen molar-refractivity contribution < 1.29 is 9.53 Å². The molecule has 0 saturated carbocycles. The van der Waals surface area contributed by atoms with Gasteiger partial charge in [0, 0.05) is 11.0 Å². The van der Waals surface area contributed by atoms with Gasteiger partial charge in [-0.1, -0.05) is 63.2 Å². The summed E-state index contributed by atoms with van der Waals surface area (Å²) in [5.41, 5.74) is 6.70. The number of hydrogen-bond acceptors (Lipinski definition) is 3. The van der Waals surface area contributed by atoms with Gasteiger partial charge >= 0.3 is 0 Å². The molecule has 1 atom stereocenters. The van der Waals surface area contributed by atoms with Gasteiger partial charge < -0.3 is 10.5 Å². The van der Waals surface area contributed by atoms with Gasteiger partial charge in [-0.2, -0.15) is 0 Å². The molecule has 132 valence electrons. The first-order valence-corrected chi connectivity index (χ1v) is 8.29. The zero-order valence-corrected chi connectivity index (χ0v) is 15.5. The quantitative estimate of drug-likeness (QED) is 0.840. The maximum atomic E-state index is 12.4. The zero-order chi connectivity index (χ0) is 18.7. The lowest BCUT2D eigenvalue weighted by molar-refractivity contribution is -0.122. The molecule has 0 aromatic heterocycles. The molecule has 0 aliphatic carbocycles. The molecule has 0 saturated heterocycles. The van der Waals surface area contributed by atoms with Crippen LogP contribution < -0.4 is 10.5 Å². The van der Waals surface area contributed by atoms with Crippen molar-refractivity contribution in [1.29, 1.82) is 0 Å². The van der Waals surface area contributed by atoms with Crippen molar-refractivity contribution >= 4 is 11.6 Å². The van der Waals surface area contributed by atoms with Crippen LogP contribution in [0.15, 0.2) is 59.6 Å². The highest BCUT2D eigenvalue weighted by atomic mass is 16.5. The summed E-state index contributed by atoms with van der Waals surface area (Å²) >= 11 is 0. The molecule has 0 fully saturated rings. The van der Waals surface area contributed by atoms with Crippen LogP contribution in [0, 0.1) is 5.41 Å². The molecule has 4 nitrogen and oxygen atoms in total. The molecule has 25 heavy (non-hydrogen) atoms. The van der Waals surface area contributed by atoms with Crippen molar-refractivity contribution in [1.82, 2.24) is 0 Å². The minimum atomic E-state index is -1.16. The second-order valence-electron chi connectivity index (χ2n) is 7.21. The van der Waals surface area contributed by atoms with Crippen LogP contribution in [-0.4, -0.2) is 18.7 Å². The predicted octanol–water partition coefficient (Wildman–Crippen LogP) is 3.93. The molecule has 1 unspecified atom stereocenters. The van der Waals surface area contributed by atoms with Gasteiger partial charge in [0.25, 0.3) is 0 Å². The van der Waals surface area contributed by atoms with Gasteiger partial charge in [0.15, 0.2) is 5.54 Å². The van der Waals surface area contributed by atoms with Crippen LogP contribution in [0.1, 0.15) is 38.8 Å². The van der Waals surface area contributed by atoms with Gasteiger partial charge in [0.1, 0.15) is 5.75 Å². The van der Waals surface area contributed by atoms with Crippen molar-refractivity contribution in [3.05, 3.63) is 65.7 Å². The first-order valence-electron chi connectivity index (χ1n) is 8.29. The van der Waals surface area contributed by atoms with Crippen LogP contribution in [0.5, 0.6) is 5.75 Å². The normalized spacial score (nSPS) is 14.7. The summed E-state index contributed by atoms with van der Waals surface area (Å²) < 4.78 is 5.51. The Morgan fingerprint density at radius 1 is 0.960 bits per heavy atom. The van der Waals surface area contributed by atoms with Crippen molar-refractivity contribution in [2.75, 3.05) is 7.11 Å². The minimum absolute atomic E-state index is 0.305. The Morgan fingerprint density at radius 2 is 1.52 bits per heavy atom. The lowest BCUT2D eigenvalue weighted by Crippen LogP contribution is -2.39. The molecular weight excluding hydrogens is 312 g/mol. The SMILES string of the molecule is COc1ccccc1C(=NC(C)(C(N)=O)c1ccccc1)C(C)(C)C. The van der Waals surface area contributed by atoms with E-state index in [0.29, 0.717) is 0 Å². The highest BCUT2D eigenvalue weighted by Gasteiger charge is 2.36. The molecule has 0 heterocycles. The second kappa shape index (κ2) is 7.09. The molecule has 0 aliphatic heterocycles. The highest BCUT2D eigenvalue weighted by Crippen LogP contribution is 2.33. The third-order valence-corrected chi connectivity index (χ3v) is 4.22. The number of hydrogen-bond donors (Lipinski definition) is 1. The Kier molecular flexibility index (Phi) is 5.31. The number of methoxy groups -OCH3 is 1. The summed E-state index contributed by atoms with van der Waals surface area (Å²) in [5, 5.41) is 0. The topological polar surface area (TPSA) is 64.7 Å². The summed E-state index contributed by atoms with van der Waals surface area (Å²) in [5.74, 6) is 0.228. The fourth-order valence-electron chi connectivity index (χ4n) is 2.72. The maximum absolute atomic E-state index is 12.4. The fraction of sp³-hybridized carbons (Fsp3) is 0.333. The molecule has 2 N–H and O–H groups in total. The monoisotopic (exact) mass is 338 g/mol. The number of carbonyl (C=O) groups is 1. The summed E-state index contributed by atoms with van der Waals surface area (Å²) in [6.07, 6.45) is 0. The Hall–Kier alpha value is -2.62. The van der Waals surface area contributed by atoms with Crippen molar-refractivity contribution in [3.63, 3.8) is 0 Å². The Bertz CT molecular complexity index is 776. The standard InChI is InChI=1S/C21H26N2O2/c1-20(2,3)18(16-13-9-10-14-17(16)25-5)23-21(4,19(22)24)15-11-7-6-8-12-15/h6-14H,1-5H3,(H2,22,24). The van der Waals surface area contributed by atoms with Gasteiger partial charge in [-0.15, -0.1) is 0 Å². The first kappa shape index (κ1) is 18.7. The largest absolute Gasteiger partial charge is 0.496 e. The average molecular weight is 338 g/mol. The van der Waals surface area contributed by atoms with Crippen molar-refractivity contribution in [2.45, 2.75) is 33.2 Å². The van der Waals surface area contributed by atoms with E-state index < -0.39 is 11.4 Å². The van der Waals surface area contributed by atoms with E-state index in [1.807, 2.05) is 54.6 Å². The number of aliphatic imine (C=N–C) groups is 1. The summed E-state index contributed by atoms with van der Waals surface area (Å²) in [7, 11) is 1.63. The van der Waals surface area contributed by atoms with E-state index in [9.17, 15) is 4.79 Å². The van der Waals surface area contributed by atoms with E-state index in [1.54, 1.807) is 14.0 Å². The fourth-order valence-corrected chi connectivity index (χ4v) is 2.72. The van der Waals surface area contributed by atoms with E-state index in [-0.39, 0.29) is 5.41 Å². The number of rotatable bonds is 5. The third kappa shape index (κ3) is 3.90. The van der Waals surface area contributed by atoms with E-state index >= 15 is 0 Å². The number of nitrogens with two attached hydrogens (primary N) is 1. The molecule has 0 spiro atoms. The number of carbonyl (C=O) groups excluding carboxylic acids is 1. The lowest BCUT2D eigenvalue weighted by atomic mass is 9.83. The number of benzene rings is 2. The number of primary amides is 1. The van der Waals surface area contributed by atoms with Crippen LogP contribution in [0.3, 0.4) is 0 Å². The van der Waals surface area contributed by atoms with Crippen LogP contribution in [0.25, 0.3) is 0 Å². The maximum Gasteiger partial charge on any atom is 0.249 e. The van der Waals surface area contributed by atoms with E-state index in [4.69, 9.17) is 15.5 Å². The Morgan fingerprint density at radius 3 is 2.04 bits per heavy atom. The zero-order valence-electron chi connectivity index (χ0n) is 15.5. The van der Waals surface area contributed by atoms with Crippen molar-refractivity contribution in [3.8, 4) is 5.75 Å². The molecule has 2 rings (SSSR count). The van der Waals surface area contributed by atoms with E-state index in [2.05, 4.69) is 20.8 Å². The van der Waals surface area contributed by atoms with E-state index in [0.717, 1.165) is 22.6 Å². The van der Waals surface area contributed by atoms with Crippen LogP contribution in [0.2, 0.25) is 0 Å². The first-order chi connectivity index (χ1) is 11.7. The summed E-state index contributed by atoms with van der Waals surface area (Å²) in [6, 6.07) is 17.1. The van der Waals surface area contributed by atoms with Crippen LogP contribution >= 0.6 is 0 Å². The smallest absolute Gasteiger partial charge is 0.249 e. The molecule has 2 aromatic rings. The van der Waals surface area contributed by atoms with Gasteiger partial charge in [0.05, 0.1) is 12.8 Å². The Balaban J connectivity index is 2.74. The van der Waals surface area contributed by atoms with Gasteiger partial charge in [-0.05, 0) is 24.6 Å². The molecule has 0 radical (unpaired) electrons. The van der Waals surface area contributed by atoms with Gasteiger partial charge in [-0.25, -0.2) is 0 Å². The third-order valence-electron chi connectivity index (χ3n) is 4.22. The van der Waals surface area contributed by atoms with Crippen LogP contribution in [-0.2, 0) is 10.3 Å². The average Bonchev–Trinajstić information content (AvgIpc) is 2.59. The number of amides is 1. The number of para-hydroxylation sites is 1. The Labute approximate surface area is 149 Å². The predicted molar refractivity (Wildman–Crippen MR) is 102 cm³/mol. The number of ether oxygens (including phenoxy) is 1. The molecule has 4 heteroatoms. The molecular formula is C21H26N2O2. The highest BCUT2D eigenvalue weighted by molar-refractivity contribution is 6.07. The summed E-state index contributed by atoms with van der Waals surface area (Å²) in [4.78, 5) is 17.2.